The van der Waals surface area contributed by atoms with Gasteiger partial charge in [-0.05, 0) is 86.6 Å². The van der Waals surface area contributed by atoms with Gasteiger partial charge >= 0.3 is 0 Å². The fourth-order valence-corrected chi connectivity index (χ4v) is 6.70. The molecule has 9 heteroatoms. The minimum Gasteiger partial charge on any atom is -0.379 e. The summed E-state index contributed by atoms with van der Waals surface area (Å²) in [5.74, 6) is -0.0882. The van der Waals surface area contributed by atoms with Crippen molar-refractivity contribution >= 4 is 17.5 Å². The SMILES string of the molecule is CCN(c1cc(-c2ccc(CN3CCOCC3)cc2)cc(C(=O)NCc2c(C)cc(C)[nH]c2=O)c1C)C1CCN(C(C)=O)CC1. The Kier molecular flexibility index (Phi) is 10.4. The summed E-state index contributed by atoms with van der Waals surface area (Å²) < 4.78 is 5.50. The Morgan fingerprint density at radius 3 is 2.29 bits per heavy atom. The van der Waals surface area contributed by atoms with Crippen molar-refractivity contribution in [2.24, 2.45) is 0 Å². The number of carbonyl (C=O) groups excluding carboxylic acids is 2. The lowest BCUT2D eigenvalue weighted by Gasteiger charge is -2.40. The molecule has 9 nitrogen and oxygen atoms in total. The number of amides is 2. The van der Waals surface area contributed by atoms with Gasteiger partial charge in [-0.3, -0.25) is 19.3 Å². The van der Waals surface area contributed by atoms with E-state index < -0.39 is 0 Å². The Morgan fingerprint density at radius 2 is 1.67 bits per heavy atom. The molecule has 0 spiro atoms. The summed E-state index contributed by atoms with van der Waals surface area (Å²) in [6.45, 7) is 16.2. The fraction of sp³-hybridized carbons (Fsp3) is 0.472. The van der Waals surface area contributed by atoms with Gasteiger partial charge in [-0.15, -0.1) is 0 Å². The average molecular weight is 614 g/mol. The van der Waals surface area contributed by atoms with Crippen molar-refractivity contribution in [3.05, 3.63) is 86.3 Å². The Bertz CT molecular complexity index is 1570. The molecule has 1 aromatic heterocycles. The molecular formula is C36H47N5O4. The van der Waals surface area contributed by atoms with Crippen molar-refractivity contribution in [1.82, 2.24) is 20.1 Å². The molecule has 3 heterocycles. The molecule has 240 valence electrons. The summed E-state index contributed by atoms with van der Waals surface area (Å²) in [7, 11) is 0. The number of hydrogen-bond donors (Lipinski definition) is 2. The maximum atomic E-state index is 13.8. The largest absolute Gasteiger partial charge is 0.379 e. The van der Waals surface area contributed by atoms with Gasteiger partial charge in [0, 0.05) is 81.3 Å². The highest BCUT2D eigenvalue weighted by molar-refractivity contribution is 5.99. The number of anilines is 1. The summed E-state index contributed by atoms with van der Waals surface area (Å²) >= 11 is 0. The summed E-state index contributed by atoms with van der Waals surface area (Å²) in [6, 6.07) is 15.0. The maximum Gasteiger partial charge on any atom is 0.253 e. The van der Waals surface area contributed by atoms with Crippen molar-refractivity contribution in [3.63, 3.8) is 0 Å². The van der Waals surface area contributed by atoms with Crippen LogP contribution >= 0.6 is 0 Å². The van der Waals surface area contributed by atoms with Gasteiger partial charge in [-0.2, -0.15) is 0 Å². The molecule has 3 aromatic rings. The molecule has 2 aromatic carbocycles. The van der Waals surface area contributed by atoms with E-state index in [0.717, 1.165) is 99.0 Å². The third kappa shape index (κ3) is 7.65. The molecule has 45 heavy (non-hydrogen) atoms. The van der Waals surface area contributed by atoms with E-state index >= 15 is 0 Å². The number of benzene rings is 2. The van der Waals surface area contributed by atoms with Crippen LogP contribution in [0.1, 0.15) is 65.0 Å². The number of H-pyrrole nitrogens is 1. The van der Waals surface area contributed by atoms with Crippen LogP contribution < -0.4 is 15.8 Å². The second-order valence-electron chi connectivity index (χ2n) is 12.4. The van der Waals surface area contributed by atoms with E-state index in [0.29, 0.717) is 11.1 Å². The van der Waals surface area contributed by atoms with Crippen molar-refractivity contribution in [1.29, 1.82) is 0 Å². The third-order valence-corrected chi connectivity index (χ3v) is 9.34. The van der Waals surface area contributed by atoms with Crippen LogP contribution in [0.4, 0.5) is 5.69 Å². The number of hydrogen-bond acceptors (Lipinski definition) is 6. The van der Waals surface area contributed by atoms with Crippen LogP contribution in [0, 0.1) is 20.8 Å². The van der Waals surface area contributed by atoms with E-state index in [4.69, 9.17) is 4.74 Å². The first-order valence-corrected chi connectivity index (χ1v) is 16.2. The van der Waals surface area contributed by atoms with E-state index in [1.165, 1.54) is 5.56 Å². The van der Waals surface area contributed by atoms with Gasteiger partial charge in [0.1, 0.15) is 0 Å². The highest BCUT2D eigenvalue weighted by Crippen LogP contribution is 2.34. The molecule has 5 rings (SSSR count). The van der Waals surface area contributed by atoms with Gasteiger partial charge in [0.2, 0.25) is 5.91 Å². The van der Waals surface area contributed by atoms with Gasteiger partial charge < -0.3 is 24.8 Å². The van der Waals surface area contributed by atoms with E-state index in [-0.39, 0.29) is 30.0 Å². The Balaban J connectivity index is 1.46. The molecule has 0 unspecified atom stereocenters. The normalized spacial score (nSPS) is 16.1. The number of carbonyl (C=O) groups is 2. The Labute approximate surface area is 266 Å². The van der Waals surface area contributed by atoms with Crippen molar-refractivity contribution in [2.45, 2.75) is 66.6 Å². The summed E-state index contributed by atoms with van der Waals surface area (Å²) in [5.41, 5.74) is 7.84. The first-order chi connectivity index (χ1) is 21.6. The average Bonchev–Trinajstić information content (AvgIpc) is 3.02. The second-order valence-corrected chi connectivity index (χ2v) is 12.4. The first-order valence-electron chi connectivity index (χ1n) is 16.2. The van der Waals surface area contributed by atoms with Gasteiger partial charge in [0.05, 0.1) is 13.2 Å². The minimum atomic E-state index is -0.207. The molecule has 2 amide bonds. The number of rotatable bonds is 9. The lowest BCUT2D eigenvalue weighted by atomic mass is 9.94. The number of aromatic amines is 1. The molecule has 2 fully saturated rings. The quantitative estimate of drug-likeness (QED) is 0.367. The molecule has 2 N–H and O–H groups in total. The standard InChI is InChI=1S/C36H47N5O4/c1-6-41(31-11-13-40(14-12-31)27(5)42)34-21-30(29-9-7-28(8-10-29)23-39-15-17-45-18-16-39)20-32(26(34)4)35(43)37-22-33-24(2)19-25(3)38-36(33)44/h7-10,19-21,31H,6,11-18,22-23H2,1-5H3,(H,37,43)(H,38,44). The van der Waals surface area contributed by atoms with Crippen LogP contribution in [0.25, 0.3) is 11.1 Å². The van der Waals surface area contributed by atoms with Gasteiger partial charge in [-0.1, -0.05) is 24.3 Å². The highest BCUT2D eigenvalue weighted by Gasteiger charge is 2.28. The number of ether oxygens (including phenoxy) is 1. The summed E-state index contributed by atoms with van der Waals surface area (Å²) in [4.78, 5) is 48.0. The van der Waals surface area contributed by atoms with E-state index in [2.05, 4.69) is 57.4 Å². The van der Waals surface area contributed by atoms with E-state index in [1.54, 1.807) is 6.92 Å². The zero-order valence-corrected chi connectivity index (χ0v) is 27.4. The monoisotopic (exact) mass is 613 g/mol. The summed E-state index contributed by atoms with van der Waals surface area (Å²) in [6.07, 6.45) is 1.76. The molecule has 0 atom stereocenters. The summed E-state index contributed by atoms with van der Waals surface area (Å²) in [5, 5.41) is 3.04. The van der Waals surface area contributed by atoms with Crippen molar-refractivity contribution in [2.75, 3.05) is 50.8 Å². The van der Waals surface area contributed by atoms with Gasteiger partial charge in [0.25, 0.3) is 11.5 Å². The van der Waals surface area contributed by atoms with Crippen LogP contribution in [0.2, 0.25) is 0 Å². The number of nitrogens with zero attached hydrogens (tertiary/aromatic N) is 3. The van der Waals surface area contributed by atoms with Gasteiger partial charge in [0.15, 0.2) is 0 Å². The van der Waals surface area contributed by atoms with Crippen LogP contribution in [0.15, 0.2) is 47.3 Å². The number of piperidine rings is 1. The van der Waals surface area contributed by atoms with Gasteiger partial charge in [-0.25, -0.2) is 0 Å². The zero-order valence-electron chi connectivity index (χ0n) is 27.4. The van der Waals surface area contributed by atoms with Crippen LogP contribution in [0.5, 0.6) is 0 Å². The number of morpholine rings is 1. The molecule has 2 saturated heterocycles. The molecule has 0 saturated carbocycles. The van der Waals surface area contributed by atoms with E-state index in [9.17, 15) is 14.4 Å². The third-order valence-electron chi connectivity index (χ3n) is 9.34. The minimum absolute atomic E-state index is 0.119. The number of nitrogens with one attached hydrogen (secondary N) is 2. The van der Waals surface area contributed by atoms with Crippen molar-refractivity contribution < 1.29 is 14.3 Å². The lowest BCUT2D eigenvalue weighted by molar-refractivity contribution is -0.129. The Morgan fingerprint density at radius 1 is 0.978 bits per heavy atom. The number of likely N-dealkylation sites (tertiary alicyclic amines) is 1. The Hall–Kier alpha value is -3.95. The van der Waals surface area contributed by atoms with Crippen molar-refractivity contribution in [3.8, 4) is 11.1 Å². The smallest absolute Gasteiger partial charge is 0.253 e. The van der Waals surface area contributed by atoms with Crippen LogP contribution in [-0.2, 0) is 22.6 Å². The topological polar surface area (TPSA) is 98.0 Å². The van der Waals surface area contributed by atoms with Crippen LogP contribution in [-0.4, -0.2) is 78.6 Å². The number of pyridine rings is 1. The lowest BCUT2D eigenvalue weighted by Crippen LogP contribution is -2.46. The molecule has 2 aliphatic rings. The molecule has 0 radical (unpaired) electrons. The first kappa shape index (κ1) is 32.4. The predicted octanol–water partition coefficient (Wildman–Crippen LogP) is 4.57. The maximum absolute atomic E-state index is 13.8. The highest BCUT2D eigenvalue weighted by atomic mass is 16.5. The second kappa shape index (κ2) is 14.4. The van der Waals surface area contributed by atoms with E-state index in [1.807, 2.05) is 37.8 Å². The molecule has 2 aliphatic heterocycles. The number of aromatic nitrogens is 1. The molecule has 0 bridgehead atoms. The molecule has 0 aliphatic carbocycles. The zero-order chi connectivity index (χ0) is 32.1. The number of aryl methyl sites for hydroxylation is 2. The fourth-order valence-electron chi connectivity index (χ4n) is 6.70. The molecular weight excluding hydrogens is 566 g/mol. The van der Waals surface area contributed by atoms with Crippen LogP contribution in [0.3, 0.4) is 0 Å². The predicted molar refractivity (Wildman–Crippen MR) is 179 cm³/mol.